The summed E-state index contributed by atoms with van der Waals surface area (Å²) in [5.74, 6) is -0.626. The Morgan fingerprint density at radius 1 is 1.29 bits per heavy atom. The quantitative estimate of drug-likeness (QED) is 0.808. The highest BCUT2D eigenvalue weighted by Crippen LogP contribution is 2.34. The number of aliphatic carboxylic acids is 1. The molecule has 0 radical (unpaired) electrons. The molecule has 1 aromatic carbocycles. The van der Waals surface area contributed by atoms with Crippen molar-refractivity contribution in [1.82, 2.24) is 4.90 Å². The second-order valence-electron chi connectivity index (χ2n) is 4.31. The molecule has 1 rings (SSSR count). The zero-order valence-corrected chi connectivity index (χ0v) is 13.8. The third-order valence-corrected chi connectivity index (χ3v) is 3.38. The molecule has 7 heteroatoms. The molecule has 0 atom stereocenters. The van der Waals surface area contributed by atoms with Gasteiger partial charge in [-0.1, -0.05) is 6.92 Å². The molecule has 0 fully saturated rings. The van der Waals surface area contributed by atoms with Crippen molar-refractivity contribution in [3.8, 4) is 11.5 Å². The number of hydrogen-bond acceptors (Lipinski definition) is 4. The molecule has 0 aliphatic heterocycles. The first-order valence-corrected chi connectivity index (χ1v) is 7.16. The fourth-order valence-corrected chi connectivity index (χ4v) is 2.51. The van der Waals surface area contributed by atoms with Crippen LogP contribution in [0.5, 0.6) is 11.5 Å². The molecule has 1 N–H and O–H groups in total. The first kappa shape index (κ1) is 17.3. The normalized spacial score (nSPS) is 10.1. The molecular weight excluding hydrogens is 342 g/mol. The van der Waals surface area contributed by atoms with E-state index in [1.807, 2.05) is 6.92 Å². The minimum Gasteiger partial charge on any atom is -0.497 e. The van der Waals surface area contributed by atoms with E-state index in [0.717, 1.165) is 0 Å². The van der Waals surface area contributed by atoms with Gasteiger partial charge in [-0.2, -0.15) is 0 Å². The van der Waals surface area contributed by atoms with Crippen molar-refractivity contribution >= 4 is 27.8 Å². The topological polar surface area (TPSA) is 76.1 Å². The number of halogens is 1. The number of benzene rings is 1. The minimum atomic E-state index is -1.06. The van der Waals surface area contributed by atoms with Gasteiger partial charge in [0.1, 0.15) is 18.0 Å². The van der Waals surface area contributed by atoms with Gasteiger partial charge in [0.05, 0.1) is 24.3 Å². The maximum Gasteiger partial charge on any atom is 0.323 e. The Bertz CT molecular complexity index is 532. The van der Waals surface area contributed by atoms with E-state index in [9.17, 15) is 9.59 Å². The van der Waals surface area contributed by atoms with Crippen molar-refractivity contribution in [2.45, 2.75) is 13.3 Å². The van der Waals surface area contributed by atoms with Crippen LogP contribution in [-0.4, -0.2) is 49.2 Å². The molecule has 0 aliphatic rings. The Morgan fingerprint density at radius 2 is 1.95 bits per heavy atom. The van der Waals surface area contributed by atoms with Gasteiger partial charge in [-0.25, -0.2) is 0 Å². The van der Waals surface area contributed by atoms with Gasteiger partial charge >= 0.3 is 5.97 Å². The molecule has 0 spiro atoms. The lowest BCUT2D eigenvalue weighted by molar-refractivity contribution is -0.137. The predicted octanol–water partition coefficient (Wildman–Crippen LogP) is 2.40. The van der Waals surface area contributed by atoms with Crippen molar-refractivity contribution in [2.24, 2.45) is 0 Å². The fourth-order valence-electron chi connectivity index (χ4n) is 1.91. The van der Waals surface area contributed by atoms with Crippen LogP contribution in [0.15, 0.2) is 16.6 Å². The number of methoxy groups -OCH3 is 2. The highest BCUT2D eigenvalue weighted by Gasteiger charge is 2.23. The Kier molecular flexibility index (Phi) is 6.48. The maximum absolute atomic E-state index is 12.6. The van der Waals surface area contributed by atoms with E-state index in [1.54, 1.807) is 6.07 Å². The van der Waals surface area contributed by atoms with Gasteiger partial charge in [-0.05, 0) is 34.5 Å². The number of hydrogen-bond donors (Lipinski definition) is 1. The zero-order chi connectivity index (χ0) is 16.0. The lowest BCUT2D eigenvalue weighted by Gasteiger charge is -2.22. The number of carboxylic acid groups (broad SMARTS) is 1. The first-order valence-electron chi connectivity index (χ1n) is 6.37. The van der Waals surface area contributed by atoms with Crippen LogP contribution in [0.2, 0.25) is 0 Å². The summed E-state index contributed by atoms with van der Waals surface area (Å²) in [6, 6.07) is 3.22. The molecule has 1 amide bonds. The average Bonchev–Trinajstić information content (AvgIpc) is 2.44. The van der Waals surface area contributed by atoms with Crippen molar-refractivity contribution < 1.29 is 24.2 Å². The van der Waals surface area contributed by atoms with Gasteiger partial charge in [-0.3, -0.25) is 9.59 Å². The van der Waals surface area contributed by atoms with Gasteiger partial charge in [-0.15, -0.1) is 0 Å². The van der Waals surface area contributed by atoms with Gasteiger partial charge in [0.2, 0.25) is 0 Å². The second-order valence-corrected chi connectivity index (χ2v) is 5.16. The summed E-state index contributed by atoms with van der Waals surface area (Å²) in [5, 5.41) is 8.93. The lowest BCUT2D eigenvalue weighted by Crippen LogP contribution is -2.36. The molecule has 0 aromatic heterocycles. The van der Waals surface area contributed by atoms with Gasteiger partial charge < -0.3 is 19.5 Å². The third-order valence-electron chi connectivity index (χ3n) is 2.79. The van der Waals surface area contributed by atoms with E-state index < -0.39 is 11.9 Å². The standard InChI is InChI=1S/C14H18BrNO5/c1-4-5-16(8-12(17)18)14(19)10-6-9(20-2)7-11(15)13(10)21-3/h6-7H,4-5,8H2,1-3H3,(H,17,18). The zero-order valence-electron chi connectivity index (χ0n) is 12.2. The van der Waals surface area contributed by atoms with Crippen molar-refractivity contribution in [3.63, 3.8) is 0 Å². The predicted molar refractivity (Wildman–Crippen MR) is 81.1 cm³/mol. The SMILES string of the molecule is CCCN(CC(=O)O)C(=O)c1cc(OC)cc(Br)c1OC. The molecule has 6 nitrogen and oxygen atoms in total. The first-order chi connectivity index (χ1) is 9.94. The van der Waals surface area contributed by atoms with Crippen LogP contribution in [0, 0.1) is 0 Å². The summed E-state index contributed by atoms with van der Waals surface area (Å²) in [6.45, 7) is 1.87. The average molecular weight is 360 g/mol. The molecule has 116 valence electrons. The van der Waals surface area contributed by atoms with Crippen LogP contribution >= 0.6 is 15.9 Å². The number of rotatable bonds is 7. The van der Waals surface area contributed by atoms with Crippen molar-refractivity contribution in [3.05, 3.63) is 22.2 Å². The van der Waals surface area contributed by atoms with Crippen molar-refractivity contribution in [2.75, 3.05) is 27.3 Å². The van der Waals surface area contributed by atoms with Crippen LogP contribution in [-0.2, 0) is 4.79 Å². The van der Waals surface area contributed by atoms with Crippen LogP contribution < -0.4 is 9.47 Å². The molecular formula is C14H18BrNO5. The smallest absolute Gasteiger partial charge is 0.323 e. The molecule has 0 bridgehead atoms. The van der Waals surface area contributed by atoms with Gasteiger partial charge in [0, 0.05) is 6.54 Å². The molecule has 0 saturated heterocycles. The molecule has 0 aliphatic carbocycles. The van der Waals surface area contributed by atoms with E-state index in [4.69, 9.17) is 14.6 Å². The van der Waals surface area contributed by atoms with E-state index in [-0.39, 0.29) is 12.1 Å². The van der Waals surface area contributed by atoms with E-state index in [1.165, 1.54) is 25.2 Å². The van der Waals surface area contributed by atoms with Gasteiger partial charge in [0.15, 0.2) is 0 Å². The number of nitrogens with zero attached hydrogens (tertiary/aromatic N) is 1. The second kappa shape index (κ2) is 7.87. The monoisotopic (exact) mass is 359 g/mol. The maximum atomic E-state index is 12.6. The lowest BCUT2D eigenvalue weighted by atomic mass is 10.1. The molecule has 0 heterocycles. The number of carboxylic acids is 1. The Labute approximate surface area is 131 Å². The number of amides is 1. The Hall–Kier alpha value is -1.76. The highest BCUT2D eigenvalue weighted by molar-refractivity contribution is 9.10. The number of carbonyl (C=O) groups is 2. The van der Waals surface area contributed by atoms with E-state index in [2.05, 4.69) is 15.9 Å². The molecule has 21 heavy (non-hydrogen) atoms. The summed E-state index contributed by atoms with van der Waals surface area (Å²) in [4.78, 5) is 24.8. The minimum absolute atomic E-state index is 0.262. The largest absolute Gasteiger partial charge is 0.497 e. The van der Waals surface area contributed by atoms with E-state index >= 15 is 0 Å². The third kappa shape index (κ3) is 4.35. The summed E-state index contributed by atoms with van der Waals surface area (Å²) in [5.41, 5.74) is 0.262. The molecule has 0 unspecified atom stereocenters. The summed E-state index contributed by atoms with van der Waals surface area (Å²) in [7, 11) is 2.94. The van der Waals surface area contributed by atoms with Crippen LogP contribution in [0.25, 0.3) is 0 Å². The van der Waals surface area contributed by atoms with Crippen LogP contribution in [0.1, 0.15) is 23.7 Å². The van der Waals surface area contributed by atoms with Gasteiger partial charge in [0.25, 0.3) is 5.91 Å². The van der Waals surface area contributed by atoms with Crippen LogP contribution in [0.4, 0.5) is 0 Å². The number of ether oxygens (including phenoxy) is 2. The molecule has 1 aromatic rings. The summed E-state index contributed by atoms with van der Waals surface area (Å²) >= 11 is 3.31. The van der Waals surface area contributed by atoms with Crippen LogP contribution in [0.3, 0.4) is 0 Å². The Morgan fingerprint density at radius 3 is 2.43 bits per heavy atom. The summed E-state index contributed by atoms with van der Waals surface area (Å²) < 4.78 is 10.9. The fraction of sp³-hybridized carbons (Fsp3) is 0.429. The molecule has 0 saturated carbocycles. The summed E-state index contributed by atoms with van der Waals surface area (Å²) in [6.07, 6.45) is 0.659. The van der Waals surface area contributed by atoms with E-state index in [0.29, 0.717) is 28.9 Å². The van der Waals surface area contributed by atoms with Crippen molar-refractivity contribution in [1.29, 1.82) is 0 Å². The highest BCUT2D eigenvalue weighted by atomic mass is 79.9. The Balaban J connectivity index is 3.24. The number of carbonyl (C=O) groups excluding carboxylic acids is 1.